The zero-order chi connectivity index (χ0) is 9.80. The lowest BCUT2D eigenvalue weighted by molar-refractivity contribution is 1.20. The van der Waals surface area contributed by atoms with E-state index in [9.17, 15) is 0 Å². The Morgan fingerprint density at radius 2 is 2.36 bits per heavy atom. The Kier molecular flexibility index (Phi) is 3.49. The maximum atomic E-state index is 4.09. The number of aromatic nitrogens is 3. The fraction of sp³-hybridized carbons (Fsp3) is 0.125. The molecule has 0 radical (unpaired) electrons. The normalized spacial score (nSPS) is 10.4. The first-order chi connectivity index (χ1) is 6.84. The summed E-state index contributed by atoms with van der Waals surface area (Å²) in [6, 6.07) is 2.06. The SMILES string of the molecule is Brc1cncc(CSc2ncns2)c1. The molecule has 2 heterocycles. The zero-order valence-corrected chi connectivity index (χ0v) is 10.3. The molecule has 0 aliphatic carbocycles. The molecule has 0 spiro atoms. The van der Waals surface area contributed by atoms with E-state index >= 15 is 0 Å². The van der Waals surface area contributed by atoms with Crippen LogP contribution in [0.2, 0.25) is 0 Å². The van der Waals surface area contributed by atoms with Crippen molar-refractivity contribution in [3.63, 3.8) is 0 Å². The molecule has 0 saturated carbocycles. The summed E-state index contributed by atoms with van der Waals surface area (Å²) in [5, 5.41) is 0. The zero-order valence-electron chi connectivity index (χ0n) is 7.05. The Balaban J connectivity index is 1.98. The van der Waals surface area contributed by atoms with Crippen LogP contribution in [0.5, 0.6) is 0 Å². The molecule has 0 aliphatic rings. The van der Waals surface area contributed by atoms with Crippen molar-refractivity contribution in [1.29, 1.82) is 0 Å². The Hall–Kier alpha value is -0.460. The monoisotopic (exact) mass is 287 g/mol. The summed E-state index contributed by atoms with van der Waals surface area (Å²) in [5.74, 6) is 0.877. The lowest BCUT2D eigenvalue weighted by Gasteiger charge is -1.97. The molecular weight excluding hydrogens is 282 g/mol. The molecule has 0 bridgehead atoms. The van der Waals surface area contributed by atoms with Crippen molar-refractivity contribution in [2.24, 2.45) is 0 Å². The Morgan fingerprint density at radius 3 is 3.07 bits per heavy atom. The quantitative estimate of drug-likeness (QED) is 0.814. The second-order valence-electron chi connectivity index (χ2n) is 2.51. The number of rotatable bonds is 3. The van der Waals surface area contributed by atoms with E-state index in [2.05, 4.69) is 36.3 Å². The van der Waals surface area contributed by atoms with Crippen molar-refractivity contribution in [2.45, 2.75) is 10.1 Å². The molecule has 2 aromatic heterocycles. The van der Waals surface area contributed by atoms with Crippen LogP contribution in [0.25, 0.3) is 0 Å². The van der Waals surface area contributed by atoms with Gasteiger partial charge in [-0.25, -0.2) is 4.98 Å². The predicted molar refractivity (Wildman–Crippen MR) is 61.4 cm³/mol. The van der Waals surface area contributed by atoms with E-state index in [-0.39, 0.29) is 0 Å². The molecule has 0 fully saturated rings. The minimum atomic E-state index is 0.877. The van der Waals surface area contributed by atoms with Gasteiger partial charge < -0.3 is 0 Å². The van der Waals surface area contributed by atoms with Crippen LogP contribution >= 0.6 is 39.2 Å². The van der Waals surface area contributed by atoms with Crippen molar-refractivity contribution < 1.29 is 0 Å². The molecular formula is C8H6BrN3S2. The molecule has 0 aromatic carbocycles. The summed E-state index contributed by atoms with van der Waals surface area (Å²) >= 11 is 6.47. The average molecular weight is 288 g/mol. The Labute approximate surface area is 98.3 Å². The van der Waals surface area contributed by atoms with Gasteiger partial charge in [-0.15, -0.1) is 0 Å². The van der Waals surface area contributed by atoms with E-state index in [1.807, 2.05) is 6.20 Å². The lowest BCUT2D eigenvalue weighted by Crippen LogP contribution is -1.82. The maximum Gasteiger partial charge on any atom is 0.170 e. The first-order valence-corrected chi connectivity index (χ1v) is 6.39. The molecule has 72 valence electrons. The van der Waals surface area contributed by atoms with E-state index < -0.39 is 0 Å². The first-order valence-electron chi connectivity index (χ1n) is 3.83. The highest BCUT2D eigenvalue weighted by molar-refractivity contribution is 9.10. The predicted octanol–water partition coefficient (Wildman–Crippen LogP) is 2.99. The van der Waals surface area contributed by atoms with Crippen molar-refractivity contribution in [3.05, 3.63) is 34.8 Å². The molecule has 0 saturated heterocycles. The first kappa shape index (κ1) is 10.1. The number of hydrogen-bond acceptors (Lipinski definition) is 5. The van der Waals surface area contributed by atoms with Crippen LogP contribution in [0.1, 0.15) is 5.56 Å². The van der Waals surface area contributed by atoms with Gasteiger partial charge in [0.15, 0.2) is 4.34 Å². The van der Waals surface area contributed by atoms with Crippen LogP contribution < -0.4 is 0 Å². The van der Waals surface area contributed by atoms with Gasteiger partial charge in [-0.2, -0.15) is 4.37 Å². The van der Waals surface area contributed by atoms with Gasteiger partial charge >= 0.3 is 0 Å². The molecule has 2 aromatic rings. The fourth-order valence-electron chi connectivity index (χ4n) is 0.906. The van der Waals surface area contributed by atoms with Crippen molar-refractivity contribution >= 4 is 39.2 Å². The van der Waals surface area contributed by atoms with Gasteiger partial charge in [-0.3, -0.25) is 4.98 Å². The van der Waals surface area contributed by atoms with Gasteiger partial charge in [0, 0.05) is 22.6 Å². The highest BCUT2D eigenvalue weighted by atomic mass is 79.9. The molecule has 2 rings (SSSR count). The largest absolute Gasteiger partial charge is 0.263 e. The second-order valence-corrected chi connectivity index (χ2v) is 5.43. The van der Waals surface area contributed by atoms with Gasteiger partial charge in [0.2, 0.25) is 0 Å². The summed E-state index contributed by atoms with van der Waals surface area (Å²) < 4.78 is 5.93. The fourth-order valence-corrected chi connectivity index (χ4v) is 2.68. The van der Waals surface area contributed by atoms with Crippen LogP contribution in [0.3, 0.4) is 0 Å². The average Bonchev–Trinajstić information content (AvgIpc) is 2.67. The molecule has 0 amide bonds. The third-order valence-corrected chi connectivity index (χ3v) is 3.77. The molecule has 0 N–H and O–H groups in total. The minimum absolute atomic E-state index is 0.877. The van der Waals surface area contributed by atoms with Crippen molar-refractivity contribution in [1.82, 2.24) is 14.3 Å². The molecule has 14 heavy (non-hydrogen) atoms. The lowest BCUT2D eigenvalue weighted by atomic mass is 10.3. The van der Waals surface area contributed by atoms with Crippen molar-refractivity contribution in [2.75, 3.05) is 0 Å². The molecule has 0 atom stereocenters. The van der Waals surface area contributed by atoms with Crippen LogP contribution in [-0.4, -0.2) is 14.3 Å². The molecule has 3 nitrogen and oxygen atoms in total. The number of pyridine rings is 1. The van der Waals surface area contributed by atoms with Crippen LogP contribution in [-0.2, 0) is 5.75 Å². The standard InChI is InChI=1S/C8H6BrN3S2/c9-7-1-6(2-10-3-7)4-13-8-11-5-12-14-8/h1-3,5H,4H2. The second kappa shape index (κ2) is 4.86. The van der Waals surface area contributed by atoms with Crippen molar-refractivity contribution in [3.8, 4) is 0 Å². The topological polar surface area (TPSA) is 38.7 Å². The third-order valence-electron chi connectivity index (χ3n) is 1.46. The van der Waals surface area contributed by atoms with E-state index in [1.54, 1.807) is 24.3 Å². The van der Waals surface area contributed by atoms with Gasteiger partial charge in [0.25, 0.3) is 0 Å². The Morgan fingerprint density at radius 1 is 1.43 bits per heavy atom. The summed E-state index contributed by atoms with van der Waals surface area (Å²) in [6.07, 6.45) is 5.21. The highest BCUT2D eigenvalue weighted by Crippen LogP contribution is 2.23. The molecule has 0 unspecified atom stereocenters. The molecule has 0 aliphatic heterocycles. The van der Waals surface area contributed by atoms with Gasteiger partial charge in [-0.1, -0.05) is 11.8 Å². The highest BCUT2D eigenvalue weighted by Gasteiger charge is 1.99. The van der Waals surface area contributed by atoms with Gasteiger partial charge in [0.05, 0.1) is 0 Å². The summed E-state index contributed by atoms with van der Waals surface area (Å²) in [6.45, 7) is 0. The van der Waals surface area contributed by atoms with E-state index in [0.717, 1.165) is 14.6 Å². The number of nitrogens with zero attached hydrogens (tertiary/aromatic N) is 3. The number of halogens is 1. The molecule has 6 heteroatoms. The number of thioether (sulfide) groups is 1. The Bertz CT molecular complexity index is 405. The third kappa shape index (κ3) is 2.76. The van der Waals surface area contributed by atoms with E-state index in [1.165, 1.54) is 17.1 Å². The summed E-state index contributed by atoms with van der Waals surface area (Å²) in [4.78, 5) is 8.18. The number of hydrogen-bond donors (Lipinski definition) is 0. The smallest absolute Gasteiger partial charge is 0.170 e. The van der Waals surface area contributed by atoms with E-state index in [0.29, 0.717) is 0 Å². The maximum absolute atomic E-state index is 4.09. The van der Waals surface area contributed by atoms with Gasteiger partial charge in [0.1, 0.15) is 6.33 Å². The minimum Gasteiger partial charge on any atom is -0.263 e. The van der Waals surface area contributed by atoms with E-state index in [4.69, 9.17) is 0 Å². The summed E-state index contributed by atoms with van der Waals surface area (Å²) in [7, 11) is 0. The summed E-state index contributed by atoms with van der Waals surface area (Å²) in [5.41, 5.74) is 1.18. The van der Waals surface area contributed by atoms with Crippen LogP contribution in [0, 0.1) is 0 Å². The van der Waals surface area contributed by atoms with Crippen LogP contribution in [0.15, 0.2) is 33.6 Å². The van der Waals surface area contributed by atoms with Crippen LogP contribution in [0.4, 0.5) is 0 Å². The van der Waals surface area contributed by atoms with Gasteiger partial charge in [-0.05, 0) is 39.1 Å².